The van der Waals surface area contributed by atoms with Gasteiger partial charge in [-0.25, -0.2) is 4.79 Å². The molecule has 0 saturated carbocycles. The van der Waals surface area contributed by atoms with Gasteiger partial charge in [-0.15, -0.1) is 24.0 Å². The van der Waals surface area contributed by atoms with Gasteiger partial charge in [0.05, 0.1) is 13.2 Å². The fourth-order valence-electron chi connectivity index (χ4n) is 3.63. The van der Waals surface area contributed by atoms with Crippen LogP contribution >= 0.6 is 24.0 Å². The van der Waals surface area contributed by atoms with Crippen LogP contribution in [0.15, 0.2) is 29.3 Å². The standard InChI is InChI=1S/C22H35N5O3.HI/c1-23-21(24-9-5-12-29-16-19-8-13-30-17-19)25-15-18-6-4-7-20(14-18)26-22(28)27-10-2-3-11-27;/h4,6-7,14,19H,2-3,5,8-13,15-17H2,1H3,(H,26,28)(H2,23,24,25);1H. The van der Waals surface area contributed by atoms with Gasteiger partial charge in [-0.3, -0.25) is 4.99 Å². The van der Waals surface area contributed by atoms with Gasteiger partial charge in [0.2, 0.25) is 0 Å². The molecule has 2 aliphatic rings. The van der Waals surface area contributed by atoms with Crippen molar-refractivity contribution in [1.82, 2.24) is 15.5 Å². The number of likely N-dealkylation sites (tertiary alicyclic amines) is 1. The van der Waals surface area contributed by atoms with Crippen molar-refractivity contribution in [3.8, 4) is 0 Å². The molecule has 1 aromatic carbocycles. The number of aliphatic imine (C=N–C) groups is 1. The molecule has 174 valence electrons. The number of nitrogens with zero attached hydrogens (tertiary/aromatic N) is 2. The Hall–Kier alpha value is -1.59. The topological polar surface area (TPSA) is 87.2 Å². The Morgan fingerprint density at radius 1 is 1.29 bits per heavy atom. The second-order valence-electron chi connectivity index (χ2n) is 7.84. The second-order valence-corrected chi connectivity index (χ2v) is 7.84. The van der Waals surface area contributed by atoms with Crippen LogP contribution in [-0.4, -0.2) is 70.0 Å². The van der Waals surface area contributed by atoms with E-state index in [1.807, 2.05) is 29.2 Å². The van der Waals surface area contributed by atoms with Crippen molar-refractivity contribution in [3.63, 3.8) is 0 Å². The minimum absolute atomic E-state index is 0. The van der Waals surface area contributed by atoms with Crippen molar-refractivity contribution < 1.29 is 14.3 Å². The Balaban J connectivity index is 0.00000341. The van der Waals surface area contributed by atoms with Gasteiger partial charge in [-0.2, -0.15) is 0 Å². The minimum atomic E-state index is -0.0160. The fourth-order valence-corrected chi connectivity index (χ4v) is 3.63. The van der Waals surface area contributed by atoms with E-state index in [2.05, 4.69) is 20.9 Å². The Morgan fingerprint density at radius 2 is 2.13 bits per heavy atom. The molecule has 2 aliphatic heterocycles. The first-order valence-corrected chi connectivity index (χ1v) is 11.0. The van der Waals surface area contributed by atoms with E-state index in [9.17, 15) is 4.79 Å². The number of carbonyl (C=O) groups is 1. The molecule has 2 heterocycles. The van der Waals surface area contributed by atoms with Gasteiger partial charge in [-0.05, 0) is 43.4 Å². The maximum Gasteiger partial charge on any atom is 0.321 e. The van der Waals surface area contributed by atoms with Crippen LogP contribution in [0, 0.1) is 5.92 Å². The summed E-state index contributed by atoms with van der Waals surface area (Å²) in [4.78, 5) is 18.4. The van der Waals surface area contributed by atoms with E-state index in [4.69, 9.17) is 9.47 Å². The molecule has 1 unspecified atom stereocenters. The monoisotopic (exact) mass is 545 g/mol. The lowest BCUT2D eigenvalue weighted by atomic mass is 10.1. The van der Waals surface area contributed by atoms with Gasteiger partial charge in [0.1, 0.15) is 0 Å². The predicted octanol–water partition coefficient (Wildman–Crippen LogP) is 3.04. The molecule has 2 amide bonds. The third kappa shape index (κ3) is 9.20. The van der Waals surface area contributed by atoms with E-state index in [0.717, 1.165) is 89.0 Å². The van der Waals surface area contributed by atoms with Gasteiger partial charge in [0, 0.05) is 58.0 Å². The quantitative estimate of drug-likeness (QED) is 0.192. The lowest BCUT2D eigenvalue weighted by Crippen LogP contribution is -2.37. The van der Waals surface area contributed by atoms with Crippen LogP contribution in [0.4, 0.5) is 10.5 Å². The highest BCUT2D eigenvalue weighted by Crippen LogP contribution is 2.14. The SMILES string of the molecule is CN=C(NCCCOCC1CCOC1)NCc1cccc(NC(=O)N2CCCC2)c1.I. The first kappa shape index (κ1) is 25.7. The summed E-state index contributed by atoms with van der Waals surface area (Å²) in [7, 11) is 1.76. The molecule has 1 atom stereocenters. The Kier molecular flexibility index (Phi) is 12.0. The molecule has 8 nitrogen and oxygen atoms in total. The molecule has 0 spiro atoms. The summed E-state index contributed by atoms with van der Waals surface area (Å²) in [6.45, 7) is 6.34. The molecule has 3 rings (SSSR count). The van der Waals surface area contributed by atoms with E-state index >= 15 is 0 Å². The Bertz CT molecular complexity index is 691. The van der Waals surface area contributed by atoms with Crippen LogP contribution in [0.5, 0.6) is 0 Å². The van der Waals surface area contributed by atoms with Crippen molar-refractivity contribution in [2.75, 3.05) is 58.4 Å². The number of benzene rings is 1. The number of urea groups is 1. The van der Waals surface area contributed by atoms with Crippen LogP contribution in [0.3, 0.4) is 0 Å². The number of amides is 2. The molecule has 1 aromatic rings. The zero-order chi connectivity index (χ0) is 21.0. The molecular weight excluding hydrogens is 509 g/mol. The molecule has 9 heteroatoms. The lowest BCUT2D eigenvalue weighted by molar-refractivity contribution is 0.0888. The molecule has 2 saturated heterocycles. The van der Waals surface area contributed by atoms with Gasteiger partial charge in [0.25, 0.3) is 0 Å². The molecule has 2 fully saturated rings. The summed E-state index contributed by atoms with van der Waals surface area (Å²) in [5.74, 6) is 1.31. The van der Waals surface area contributed by atoms with Crippen molar-refractivity contribution in [3.05, 3.63) is 29.8 Å². The van der Waals surface area contributed by atoms with E-state index < -0.39 is 0 Å². The predicted molar refractivity (Wildman–Crippen MR) is 134 cm³/mol. The van der Waals surface area contributed by atoms with Crippen molar-refractivity contribution in [2.45, 2.75) is 32.2 Å². The van der Waals surface area contributed by atoms with Gasteiger partial charge < -0.3 is 30.3 Å². The largest absolute Gasteiger partial charge is 0.381 e. The molecule has 3 N–H and O–H groups in total. The third-order valence-electron chi connectivity index (χ3n) is 5.39. The zero-order valence-electron chi connectivity index (χ0n) is 18.4. The molecule has 0 aliphatic carbocycles. The van der Waals surface area contributed by atoms with E-state index in [-0.39, 0.29) is 30.0 Å². The number of halogens is 1. The second kappa shape index (κ2) is 14.5. The lowest BCUT2D eigenvalue weighted by Gasteiger charge is -2.17. The Morgan fingerprint density at radius 3 is 2.87 bits per heavy atom. The van der Waals surface area contributed by atoms with Crippen LogP contribution in [-0.2, 0) is 16.0 Å². The van der Waals surface area contributed by atoms with Gasteiger partial charge in [-0.1, -0.05) is 12.1 Å². The maximum absolute atomic E-state index is 12.3. The number of rotatable bonds is 9. The van der Waals surface area contributed by atoms with E-state index in [0.29, 0.717) is 12.5 Å². The highest BCUT2D eigenvalue weighted by molar-refractivity contribution is 14.0. The number of carbonyl (C=O) groups excluding carboxylic acids is 1. The van der Waals surface area contributed by atoms with Crippen molar-refractivity contribution in [1.29, 1.82) is 0 Å². The first-order chi connectivity index (χ1) is 14.7. The molecule has 0 radical (unpaired) electrons. The normalized spacial score (nSPS) is 18.5. The number of nitrogens with one attached hydrogen (secondary N) is 3. The number of hydrogen-bond acceptors (Lipinski definition) is 4. The summed E-state index contributed by atoms with van der Waals surface area (Å²) in [5.41, 5.74) is 1.90. The van der Waals surface area contributed by atoms with Gasteiger partial charge in [0.15, 0.2) is 5.96 Å². The van der Waals surface area contributed by atoms with Crippen molar-refractivity contribution >= 4 is 41.7 Å². The maximum atomic E-state index is 12.3. The zero-order valence-corrected chi connectivity index (χ0v) is 20.7. The number of anilines is 1. The third-order valence-corrected chi connectivity index (χ3v) is 5.39. The summed E-state index contributed by atoms with van der Waals surface area (Å²) >= 11 is 0. The fraction of sp³-hybridized carbons (Fsp3) is 0.636. The number of hydrogen-bond donors (Lipinski definition) is 3. The average Bonchev–Trinajstić information content (AvgIpc) is 3.47. The molecule has 31 heavy (non-hydrogen) atoms. The first-order valence-electron chi connectivity index (χ1n) is 11.0. The van der Waals surface area contributed by atoms with Crippen molar-refractivity contribution in [2.24, 2.45) is 10.9 Å². The number of guanidine groups is 1. The summed E-state index contributed by atoms with van der Waals surface area (Å²) in [6, 6.07) is 7.89. The van der Waals surface area contributed by atoms with Crippen LogP contribution in [0.2, 0.25) is 0 Å². The summed E-state index contributed by atoms with van der Waals surface area (Å²) < 4.78 is 11.1. The van der Waals surface area contributed by atoms with Crippen LogP contribution in [0.25, 0.3) is 0 Å². The van der Waals surface area contributed by atoms with Crippen LogP contribution in [0.1, 0.15) is 31.2 Å². The molecule has 0 aromatic heterocycles. The Labute approximate surface area is 202 Å². The highest BCUT2D eigenvalue weighted by atomic mass is 127. The van der Waals surface area contributed by atoms with E-state index in [1.165, 1.54) is 0 Å². The summed E-state index contributed by atoms with van der Waals surface area (Å²) in [6.07, 6.45) is 4.21. The number of ether oxygens (including phenoxy) is 2. The summed E-state index contributed by atoms with van der Waals surface area (Å²) in [5, 5.41) is 9.62. The minimum Gasteiger partial charge on any atom is -0.381 e. The highest BCUT2D eigenvalue weighted by Gasteiger charge is 2.17. The smallest absolute Gasteiger partial charge is 0.321 e. The van der Waals surface area contributed by atoms with E-state index in [1.54, 1.807) is 7.05 Å². The van der Waals surface area contributed by atoms with Gasteiger partial charge >= 0.3 is 6.03 Å². The van der Waals surface area contributed by atoms with Crippen LogP contribution < -0.4 is 16.0 Å². The average molecular weight is 545 g/mol. The molecule has 0 bridgehead atoms. The molecular formula is C22H36IN5O3.